The van der Waals surface area contributed by atoms with Gasteiger partial charge in [-0.3, -0.25) is 14.2 Å². The fraction of sp³-hybridized carbons (Fsp3) is 0.269. The van der Waals surface area contributed by atoms with Crippen LogP contribution in [0.3, 0.4) is 0 Å². The maximum Gasteiger partial charge on any atom is 0.147 e. The van der Waals surface area contributed by atoms with Crippen LogP contribution >= 0.6 is 30.4 Å². The molecule has 2 unspecified atom stereocenters. The predicted octanol–water partition coefficient (Wildman–Crippen LogP) is 16.1. The van der Waals surface area contributed by atoms with Gasteiger partial charge in [-0.1, -0.05) is 68.0 Å². The quantitative estimate of drug-likeness (QED) is 0.0966. The minimum atomic E-state index is 0.315. The lowest BCUT2D eigenvalue weighted by Crippen LogP contribution is -2.47. The van der Waals surface area contributed by atoms with Gasteiger partial charge < -0.3 is 43.9 Å². The molecule has 0 amide bonds. The number of hydrogen-bond donors (Lipinski definition) is 3. The fourth-order valence-corrected chi connectivity index (χ4v) is 13.3. The molecule has 1 aliphatic carbocycles. The van der Waals surface area contributed by atoms with Crippen LogP contribution in [-0.2, 0) is 0 Å². The van der Waals surface area contributed by atoms with Crippen molar-refractivity contribution in [3.63, 3.8) is 0 Å². The predicted molar refractivity (Wildman–Crippen MR) is 404 cm³/mol. The second kappa shape index (κ2) is 32.1. The topological polar surface area (TPSA) is 228 Å². The number of aryl methyl sites for hydroxylation is 2. The fourth-order valence-electron chi connectivity index (χ4n) is 12.7. The monoisotopic (exact) mass is 1380 g/mol. The Bertz CT molecular complexity index is 4900. The third kappa shape index (κ3) is 17.6. The maximum atomic E-state index is 9.69. The summed E-state index contributed by atoms with van der Waals surface area (Å²) in [7, 11) is 5.50. The van der Waals surface area contributed by atoms with E-state index >= 15 is 0 Å². The van der Waals surface area contributed by atoms with E-state index in [1.807, 2.05) is 142 Å². The van der Waals surface area contributed by atoms with Crippen LogP contribution in [0.5, 0.6) is 34.5 Å². The number of aromatic nitrogens is 6. The number of nitrogens with zero attached hydrogens (tertiary/aromatic N) is 13. The summed E-state index contributed by atoms with van der Waals surface area (Å²) in [4.78, 5) is 31.8. The van der Waals surface area contributed by atoms with Gasteiger partial charge in [0, 0.05) is 154 Å². The number of allylic oxidation sites excluding steroid dienone is 1. The zero-order valence-electron chi connectivity index (χ0n) is 56.6. The molecule has 3 N–H and O–H groups in total. The second-order valence-corrected chi connectivity index (χ2v) is 28.0. The van der Waals surface area contributed by atoms with E-state index in [-0.39, 0.29) is 0 Å². The molecule has 5 aromatic carbocycles. The van der Waals surface area contributed by atoms with E-state index in [2.05, 4.69) is 134 Å². The number of benzene rings is 5. The summed E-state index contributed by atoms with van der Waals surface area (Å²) in [5.74, 6) is 3.53. The van der Waals surface area contributed by atoms with E-state index in [1.165, 1.54) is 23.2 Å². The van der Waals surface area contributed by atoms with Crippen LogP contribution < -0.4 is 28.9 Å². The molecule has 0 spiro atoms. The number of ether oxygens (including phenoxy) is 3. The van der Waals surface area contributed by atoms with Gasteiger partial charge in [-0.25, -0.2) is 15.0 Å². The van der Waals surface area contributed by atoms with E-state index < -0.39 is 0 Å². The van der Waals surface area contributed by atoms with Crippen molar-refractivity contribution in [1.82, 2.24) is 44.1 Å². The number of aromatic amines is 3. The molecule has 6 aromatic heterocycles. The molecular formula is C78H79ClN16O3P2. The molecule has 3 fully saturated rings. The lowest BCUT2D eigenvalue weighted by atomic mass is 9.72. The average Bonchev–Trinajstić information content (AvgIpc) is 1.08. The summed E-state index contributed by atoms with van der Waals surface area (Å²) < 4.78 is 22.4. The van der Waals surface area contributed by atoms with Crippen LogP contribution in [0.1, 0.15) is 72.1 Å². The summed E-state index contributed by atoms with van der Waals surface area (Å²) in [6.07, 6.45) is 14.0. The number of piperazine rings is 3. The smallest absolute Gasteiger partial charge is 0.147 e. The van der Waals surface area contributed by atoms with E-state index in [0.717, 1.165) is 164 Å². The minimum Gasteiger partial charge on any atom is -0.454 e. The Kier molecular flexibility index (Phi) is 22.4. The van der Waals surface area contributed by atoms with Gasteiger partial charge in [-0.15, -0.1) is 0 Å². The SMILES string of the molecule is CC1(C)CCC(CN2CCN(c3ccc(C#N)c(Oc4cnc5[nH]ccc5c4)c3)CC2)=C(c2ccc(Cl)cc2)C1.Cc1cc(N2CCN(P)CC2)ccc1C#N.Cc1ccc(C#N)c(Oc2cnc3[nH]ccc3c2)c1.N#Cc1ccc(N2CCN(P)CC2)cc1Oc1cnc2[nH]ccc2c1. The van der Waals surface area contributed by atoms with E-state index in [0.29, 0.717) is 56.6 Å². The van der Waals surface area contributed by atoms with Crippen molar-refractivity contribution in [3.8, 4) is 58.8 Å². The van der Waals surface area contributed by atoms with Gasteiger partial charge in [0.25, 0.3) is 0 Å². The van der Waals surface area contributed by atoms with Crippen molar-refractivity contribution >= 4 is 86.1 Å². The number of rotatable bonds is 12. The van der Waals surface area contributed by atoms with Crippen LogP contribution in [-0.4, -0.2) is 129 Å². The molecule has 0 radical (unpaired) electrons. The zero-order valence-corrected chi connectivity index (χ0v) is 59.6. The van der Waals surface area contributed by atoms with Gasteiger partial charge in [0.05, 0.1) is 46.9 Å². The first-order valence-electron chi connectivity index (χ1n) is 33.4. The molecule has 3 aliphatic heterocycles. The van der Waals surface area contributed by atoms with Crippen molar-refractivity contribution in [2.24, 2.45) is 5.41 Å². The number of H-pyrrole nitrogens is 3. The normalized spacial score (nSPS) is 15.6. The van der Waals surface area contributed by atoms with Crippen molar-refractivity contribution < 1.29 is 14.2 Å². The molecule has 0 bridgehead atoms. The van der Waals surface area contributed by atoms with Crippen LogP contribution in [0.15, 0.2) is 176 Å². The molecule has 3 saturated heterocycles. The molecule has 19 nitrogen and oxygen atoms in total. The number of fused-ring (bicyclic) bond motifs is 3. The van der Waals surface area contributed by atoms with Crippen molar-refractivity contribution in [2.75, 3.05) is 99.8 Å². The van der Waals surface area contributed by atoms with Crippen LogP contribution in [0.2, 0.25) is 5.02 Å². The number of anilines is 3. The lowest BCUT2D eigenvalue weighted by molar-refractivity contribution is 0.264. The molecule has 0 saturated carbocycles. The highest BCUT2D eigenvalue weighted by Crippen LogP contribution is 2.44. The van der Waals surface area contributed by atoms with Crippen LogP contribution in [0.4, 0.5) is 17.1 Å². The molecular weight excluding hydrogens is 1310 g/mol. The lowest BCUT2D eigenvalue weighted by Gasteiger charge is -2.39. The Morgan fingerprint density at radius 3 is 1.31 bits per heavy atom. The number of hydrogen-bond acceptors (Lipinski definition) is 16. The molecule has 506 valence electrons. The first-order valence-corrected chi connectivity index (χ1v) is 34.8. The van der Waals surface area contributed by atoms with Crippen LogP contribution in [0, 0.1) is 64.6 Å². The second-order valence-electron chi connectivity index (χ2n) is 26.1. The first-order chi connectivity index (χ1) is 48.6. The maximum absolute atomic E-state index is 9.69. The van der Waals surface area contributed by atoms with Gasteiger partial charge in [0.15, 0.2) is 0 Å². The van der Waals surface area contributed by atoms with E-state index in [4.69, 9.17) is 36.3 Å². The average molecular weight is 1390 g/mol. The Morgan fingerprint density at radius 1 is 0.480 bits per heavy atom. The highest BCUT2D eigenvalue weighted by Gasteiger charge is 2.30. The van der Waals surface area contributed by atoms with Gasteiger partial charge in [-0.2, -0.15) is 21.0 Å². The van der Waals surface area contributed by atoms with E-state index in [1.54, 1.807) is 30.2 Å². The highest BCUT2D eigenvalue weighted by atomic mass is 35.5. The Balaban J connectivity index is 0.000000135. The standard InChI is InChI=1S/C33H34ClN5O.C18H18N5OP.C15H11N3O.C12H16N3P/c1-33(2)11-9-26(30(19-33)23-3-6-27(34)7-4-23)22-38-13-15-39(16-14-38)28-8-5-25(20-35)31(18-28)40-29-17-24-10-12-36-32(24)37-21-29;19-11-14-1-2-15(22-5-7-23(25)8-6-22)10-17(14)24-16-9-13-3-4-20-18(13)21-12-16;1-10-2-3-12(8-16)14(6-10)19-13-7-11-4-5-17-15(11)18-9-13;1-10-8-12(3-2-11(10)9-13)14-4-6-15(16)7-5-14/h3-8,10,12,17-18,21H,9,11,13-16,19,22H2,1-2H3,(H,36,37);1-4,9-10,12H,5-8,25H2,(H,20,21);2-7,9H,1H3,(H,17,18);2-3,8H,4-7,16H2,1H3. The third-order valence-corrected chi connectivity index (χ3v) is 19.7. The summed E-state index contributed by atoms with van der Waals surface area (Å²) in [5.41, 5.74) is 14.9. The van der Waals surface area contributed by atoms with Gasteiger partial charge in [0.2, 0.25) is 0 Å². The van der Waals surface area contributed by atoms with Crippen LogP contribution in [0.25, 0.3) is 38.7 Å². The molecule has 4 aliphatic rings. The van der Waals surface area contributed by atoms with Crippen molar-refractivity contribution in [3.05, 3.63) is 220 Å². The summed E-state index contributed by atoms with van der Waals surface area (Å²) in [5, 5.41) is 40.8. The Labute approximate surface area is 593 Å². The molecule has 9 heterocycles. The number of pyridine rings is 3. The number of halogens is 1. The van der Waals surface area contributed by atoms with Gasteiger partial charge in [-0.05, 0) is 164 Å². The first kappa shape index (κ1) is 69.6. The van der Waals surface area contributed by atoms with Gasteiger partial charge in [0.1, 0.15) is 69.6 Å². The molecule has 2 atom stereocenters. The summed E-state index contributed by atoms with van der Waals surface area (Å²) >= 11 is 6.19. The Hall–Kier alpha value is -10.3. The molecule has 100 heavy (non-hydrogen) atoms. The van der Waals surface area contributed by atoms with Crippen molar-refractivity contribution in [2.45, 2.75) is 47.0 Å². The third-order valence-electron chi connectivity index (χ3n) is 18.5. The van der Waals surface area contributed by atoms with Gasteiger partial charge >= 0.3 is 0 Å². The van der Waals surface area contributed by atoms with Crippen molar-refractivity contribution in [1.29, 1.82) is 21.0 Å². The molecule has 11 aromatic rings. The number of nitrogens with one attached hydrogen (secondary N) is 3. The number of nitriles is 4. The molecule has 22 heteroatoms. The minimum absolute atomic E-state index is 0.315. The largest absolute Gasteiger partial charge is 0.454 e. The van der Waals surface area contributed by atoms with E-state index in [9.17, 15) is 10.5 Å². The summed E-state index contributed by atoms with van der Waals surface area (Å²) in [6.45, 7) is 21.7. The Morgan fingerprint density at radius 2 is 0.880 bits per heavy atom. The highest BCUT2D eigenvalue weighted by molar-refractivity contribution is 7.13. The summed E-state index contributed by atoms with van der Waals surface area (Å²) in [6, 6.07) is 51.9. The zero-order chi connectivity index (χ0) is 69.7. The molecule has 15 rings (SSSR count).